The second kappa shape index (κ2) is 6.20. The summed E-state index contributed by atoms with van der Waals surface area (Å²) < 4.78 is 14.7. The number of halogens is 1. The van der Waals surface area contributed by atoms with E-state index in [4.69, 9.17) is 0 Å². The number of rotatable bonds is 4. The van der Waals surface area contributed by atoms with Gasteiger partial charge in [0.15, 0.2) is 0 Å². The van der Waals surface area contributed by atoms with Gasteiger partial charge in [0, 0.05) is 12.7 Å². The highest BCUT2D eigenvalue weighted by Gasteiger charge is 2.16. The number of amides is 1. The van der Waals surface area contributed by atoms with E-state index in [1.807, 2.05) is 36.6 Å². The van der Waals surface area contributed by atoms with Crippen molar-refractivity contribution in [3.05, 3.63) is 70.9 Å². The minimum Gasteiger partial charge on any atom is -0.350 e. The minimum absolute atomic E-state index is 0.150. The first-order chi connectivity index (χ1) is 11.0. The molecule has 2 heterocycles. The number of fused-ring (bicyclic) bond motifs is 1. The minimum atomic E-state index is -0.255. The highest BCUT2D eigenvalue weighted by molar-refractivity contribution is 5.94. The van der Waals surface area contributed by atoms with E-state index >= 15 is 0 Å². The summed E-state index contributed by atoms with van der Waals surface area (Å²) in [7, 11) is 0. The second-order valence-electron chi connectivity index (χ2n) is 5.61. The maximum atomic E-state index is 12.9. The molecular weight excluding hydrogens is 293 g/mol. The summed E-state index contributed by atoms with van der Waals surface area (Å²) >= 11 is 0. The molecule has 1 N–H and O–H groups in total. The van der Waals surface area contributed by atoms with Crippen molar-refractivity contribution >= 4 is 11.6 Å². The van der Waals surface area contributed by atoms with Gasteiger partial charge in [-0.3, -0.25) is 9.20 Å². The first-order valence-corrected chi connectivity index (χ1v) is 7.52. The van der Waals surface area contributed by atoms with Gasteiger partial charge in [0.05, 0.1) is 5.69 Å². The van der Waals surface area contributed by atoms with Crippen LogP contribution in [0, 0.1) is 19.7 Å². The number of imidazole rings is 1. The lowest BCUT2D eigenvalue weighted by molar-refractivity contribution is 0.0947. The molecule has 0 radical (unpaired) electrons. The van der Waals surface area contributed by atoms with Gasteiger partial charge < -0.3 is 5.32 Å². The Kier molecular flexibility index (Phi) is 4.10. The van der Waals surface area contributed by atoms with Crippen LogP contribution in [-0.2, 0) is 6.42 Å². The third-order valence-electron chi connectivity index (χ3n) is 3.77. The van der Waals surface area contributed by atoms with Crippen LogP contribution in [0.15, 0.2) is 42.6 Å². The van der Waals surface area contributed by atoms with Gasteiger partial charge in [0.1, 0.15) is 17.2 Å². The third kappa shape index (κ3) is 3.23. The first kappa shape index (κ1) is 15.2. The largest absolute Gasteiger partial charge is 0.350 e. The van der Waals surface area contributed by atoms with Crippen LogP contribution in [0.2, 0.25) is 0 Å². The fraction of sp³-hybridized carbons (Fsp3) is 0.222. The molecule has 0 fully saturated rings. The molecule has 0 spiro atoms. The van der Waals surface area contributed by atoms with Gasteiger partial charge in [-0.1, -0.05) is 18.2 Å². The van der Waals surface area contributed by atoms with Crippen LogP contribution >= 0.6 is 0 Å². The van der Waals surface area contributed by atoms with Gasteiger partial charge in [0.25, 0.3) is 5.91 Å². The molecule has 0 saturated heterocycles. The monoisotopic (exact) mass is 311 g/mol. The van der Waals surface area contributed by atoms with Crippen molar-refractivity contribution in [2.45, 2.75) is 20.3 Å². The molecule has 0 aliphatic heterocycles. The molecule has 3 rings (SSSR count). The van der Waals surface area contributed by atoms with E-state index in [0.717, 1.165) is 16.8 Å². The van der Waals surface area contributed by atoms with E-state index in [2.05, 4.69) is 10.3 Å². The molecule has 1 aromatic carbocycles. The van der Waals surface area contributed by atoms with Crippen molar-refractivity contribution in [3.8, 4) is 0 Å². The zero-order chi connectivity index (χ0) is 16.4. The maximum Gasteiger partial charge on any atom is 0.270 e. The lowest BCUT2D eigenvalue weighted by atomic mass is 10.1. The van der Waals surface area contributed by atoms with E-state index in [1.165, 1.54) is 12.1 Å². The quantitative estimate of drug-likeness (QED) is 0.805. The Morgan fingerprint density at radius 2 is 1.91 bits per heavy atom. The topological polar surface area (TPSA) is 46.4 Å². The zero-order valence-corrected chi connectivity index (χ0v) is 13.1. The summed E-state index contributed by atoms with van der Waals surface area (Å²) in [5, 5.41) is 2.91. The smallest absolute Gasteiger partial charge is 0.270 e. The summed E-state index contributed by atoms with van der Waals surface area (Å²) in [6.07, 6.45) is 2.56. The number of aryl methyl sites for hydroxylation is 2. The van der Waals surface area contributed by atoms with Crippen LogP contribution < -0.4 is 5.32 Å². The van der Waals surface area contributed by atoms with Crippen molar-refractivity contribution < 1.29 is 9.18 Å². The lowest BCUT2D eigenvalue weighted by Gasteiger charge is -2.07. The Balaban J connectivity index is 1.72. The average Bonchev–Trinajstić information content (AvgIpc) is 2.84. The molecule has 118 valence electrons. The van der Waals surface area contributed by atoms with Crippen LogP contribution in [-0.4, -0.2) is 21.8 Å². The van der Waals surface area contributed by atoms with Gasteiger partial charge in [-0.25, -0.2) is 9.37 Å². The molecule has 0 saturated carbocycles. The number of nitrogens with one attached hydrogen (secondary N) is 1. The van der Waals surface area contributed by atoms with Crippen molar-refractivity contribution in [3.63, 3.8) is 0 Å². The fourth-order valence-electron chi connectivity index (χ4n) is 2.60. The lowest BCUT2D eigenvalue weighted by Crippen LogP contribution is -2.27. The molecule has 0 unspecified atom stereocenters. The Labute approximate surface area is 134 Å². The fourth-order valence-corrected chi connectivity index (χ4v) is 2.60. The molecular formula is C18H18FN3O. The molecule has 5 heteroatoms. The predicted octanol–water partition coefficient (Wildman–Crippen LogP) is 3.06. The van der Waals surface area contributed by atoms with Gasteiger partial charge >= 0.3 is 0 Å². The van der Waals surface area contributed by atoms with Crippen LogP contribution in [0.4, 0.5) is 4.39 Å². The molecule has 23 heavy (non-hydrogen) atoms. The maximum absolute atomic E-state index is 12.9. The van der Waals surface area contributed by atoms with Gasteiger partial charge in [0.2, 0.25) is 0 Å². The van der Waals surface area contributed by atoms with Crippen molar-refractivity contribution in [1.82, 2.24) is 14.7 Å². The van der Waals surface area contributed by atoms with Crippen molar-refractivity contribution in [2.24, 2.45) is 0 Å². The molecule has 0 atom stereocenters. The number of hydrogen-bond acceptors (Lipinski definition) is 2. The van der Waals surface area contributed by atoms with Gasteiger partial charge in [-0.2, -0.15) is 0 Å². The Morgan fingerprint density at radius 3 is 2.65 bits per heavy atom. The molecule has 0 aliphatic carbocycles. The van der Waals surface area contributed by atoms with Crippen molar-refractivity contribution in [2.75, 3.05) is 6.54 Å². The Morgan fingerprint density at radius 1 is 1.17 bits per heavy atom. The molecule has 3 aromatic rings. The van der Waals surface area contributed by atoms with Crippen LogP contribution in [0.3, 0.4) is 0 Å². The number of carbonyl (C=O) groups excluding carboxylic acids is 1. The van der Waals surface area contributed by atoms with Crippen LogP contribution in [0.1, 0.15) is 27.3 Å². The molecule has 4 nitrogen and oxygen atoms in total. The first-order valence-electron chi connectivity index (χ1n) is 7.52. The average molecular weight is 311 g/mol. The highest BCUT2D eigenvalue weighted by atomic mass is 19.1. The summed E-state index contributed by atoms with van der Waals surface area (Å²) in [6, 6.07) is 10.2. The normalized spacial score (nSPS) is 10.9. The molecule has 0 bridgehead atoms. The second-order valence-corrected chi connectivity index (χ2v) is 5.61. The number of benzene rings is 1. The molecule has 1 amide bonds. The van der Waals surface area contributed by atoms with Gasteiger partial charge in [-0.15, -0.1) is 0 Å². The van der Waals surface area contributed by atoms with Crippen LogP contribution in [0.5, 0.6) is 0 Å². The Bertz CT molecular complexity index is 853. The summed E-state index contributed by atoms with van der Waals surface area (Å²) in [4.78, 5) is 16.9. The standard InChI is InChI=1S/C18H18FN3O/c1-12-3-8-16-21-13(2)17(22(16)11-12)18(23)20-10-9-14-4-6-15(19)7-5-14/h3-8,11H,9-10H2,1-2H3,(H,20,23). The van der Waals surface area contributed by atoms with E-state index in [1.54, 1.807) is 12.1 Å². The van der Waals surface area contributed by atoms with Crippen LogP contribution in [0.25, 0.3) is 5.65 Å². The van der Waals surface area contributed by atoms with E-state index in [0.29, 0.717) is 24.4 Å². The number of nitrogens with zero attached hydrogens (tertiary/aromatic N) is 2. The molecule has 2 aromatic heterocycles. The predicted molar refractivity (Wildman–Crippen MR) is 87.1 cm³/mol. The SMILES string of the molecule is Cc1ccc2nc(C)c(C(=O)NCCc3ccc(F)cc3)n2c1. The van der Waals surface area contributed by atoms with Crippen molar-refractivity contribution in [1.29, 1.82) is 0 Å². The number of pyridine rings is 1. The Hall–Kier alpha value is -2.69. The van der Waals surface area contributed by atoms with E-state index in [-0.39, 0.29) is 11.7 Å². The number of aromatic nitrogens is 2. The summed E-state index contributed by atoms with van der Waals surface area (Å²) in [5.41, 5.74) is 4.07. The summed E-state index contributed by atoms with van der Waals surface area (Å²) in [5.74, 6) is -0.405. The highest BCUT2D eigenvalue weighted by Crippen LogP contribution is 2.13. The number of carbonyl (C=O) groups is 1. The van der Waals surface area contributed by atoms with E-state index < -0.39 is 0 Å². The summed E-state index contributed by atoms with van der Waals surface area (Å²) in [6.45, 7) is 4.30. The third-order valence-corrected chi connectivity index (χ3v) is 3.77. The van der Waals surface area contributed by atoms with E-state index in [9.17, 15) is 9.18 Å². The number of hydrogen-bond donors (Lipinski definition) is 1. The molecule has 0 aliphatic rings. The zero-order valence-electron chi connectivity index (χ0n) is 13.1. The van der Waals surface area contributed by atoms with Gasteiger partial charge in [-0.05, 0) is 49.6 Å².